The zero-order chi connectivity index (χ0) is 17.1. The molecule has 0 atom stereocenters. The first kappa shape index (κ1) is 16.3. The van der Waals surface area contributed by atoms with E-state index in [0.29, 0.717) is 10.7 Å². The molecule has 5 nitrogen and oxygen atoms in total. The third kappa shape index (κ3) is 3.84. The van der Waals surface area contributed by atoms with Gasteiger partial charge in [0.1, 0.15) is 5.75 Å². The van der Waals surface area contributed by atoms with E-state index < -0.39 is 0 Å². The van der Waals surface area contributed by atoms with Gasteiger partial charge in [0.05, 0.1) is 11.4 Å². The first-order valence-electron chi connectivity index (χ1n) is 7.10. The number of benzene rings is 2. The van der Waals surface area contributed by atoms with Crippen LogP contribution in [0.2, 0.25) is 5.02 Å². The number of thiazole rings is 1. The fraction of sp³-hybridized carbons (Fsp3) is 0.0588. The molecule has 122 valence electrons. The molecular formula is C17H14ClN3O2S. The number of nitrogens with zero attached hydrogens (tertiary/aromatic N) is 1. The number of amides is 1. The summed E-state index contributed by atoms with van der Waals surface area (Å²) in [5.74, 6) is -0.227. The Labute approximate surface area is 147 Å². The van der Waals surface area contributed by atoms with Crippen LogP contribution in [0.1, 0.15) is 6.92 Å². The molecular weight excluding hydrogens is 346 g/mol. The lowest BCUT2D eigenvalue weighted by Crippen LogP contribution is -2.05. The maximum atomic E-state index is 11.2. The van der Waals surface area contributed by atoms with Crippen LogP contribution in [-0.4, -0.2) is 16.0 Å². The number of rotatable bonds is 4. The Morgan fingerprint density at radius 1 is 1.21 bits per heavy atom. The number of anilines is 3. The van der Waals surface area contributed by atoms with Crippen molar-refractivity contribution >= 4 is 45.4 Å². The molecule has 0 aliphatic carbocycles. The number of nitrogens with one attached hydrogen (secondary N) is 2. The van der Waals surface area contributed by atoms with Crippen LogP contribution >= 0.6 is 22.9 Å². The minimum absolute atomic E-state index is 0.0173. The van der Waals surface area contributed by atoms with E-state index in [1.54, 1.807) is 24.3 Å². The third-order valence-electron chi connectivity index (χ3n) is 3.20. The van der Waals surface area contributed by atoms with Crippen molar-refractivity contribution in [1.29, 1.82) is 0 Å². The number of carbonyl (C=O) groups excluding carboxylic acids is 1. The van der Waals surface area contributed by atoms with Gasteiger partial charge in [-0.3, -0.25) is 4.79 Å². The van der Waals surface area contributed by atoms with E-state index in [4.69, 9.17) is 11.6 Å². The highest BCUT2D eigenvalue weighted by Crippen LogP contribution is 2.32. The molecule has 0 saturated carbocycles. The number of halogens is 1. The number of phenolic OH excluding ortho intramolecular Hbond substituents is 1. The van der Waals surface area contributed by atoms with E-state index in [9.17, 15) is 9.90 Å². The van der Waals surface area contributed by atoms with Crippen molar-refractivity contribution in [3.8, 4) is 17.0 Å². The number of phenols is 1. The molecule has 0 fully saturated rings. The molecule has 1 aromatic heterocycles. The number of carbonyl (C=O) groups is 1. The van der Waals surface area contributed by atoms with Crippen LogP contribution in [0.3, 0.4) is 0 Å². The van der Waals surface area contributed by atoms with Crippen molar-refractivity contribution in [2.24, 2.45) is 0 Å². The molecule has 0 aliphatic heterocycles. The van der Waals surface area contributed by atoms with E-state index >= 15 is 0 Å². The predicted molar refractivity (Wildman–Crippen MR) is 98.3 cm³/mol. The Balaban J connectivity index is 1.82. The highest BCUT2D eigenvalue weighted by Gasteiger charge is 2.09. The molecule has 3 rings (SSSR count). The number of hydrogen-bond donors (Lipinski definition) is 3. The van der Waals surface area contributed by atoms with Gasteiger partial charge < -0.3 is 15.7 Å². The fourth-order valence-electron chi connectivity index (χ4n) is 2.11. The van der Waals surface area contributed by atoms with Crippen LogP contribution in [0.15, 0.2) is 47.8 Å². The molecule has 24 heavy (non-hydrogen) atoms. The van der Waals surface area contributed by atoms with E-state index in [-0.39, 0.29) is 11.7 Å². The van der Waals surface area contributed by atoms with Crippen molar-refractivity contribution in [2.45, 2.75) is 6.92 Å². The number of aromatic nitrogens is 1. The third-order valence-corrected chi connectivity index (χ3v) is 4.21. The average molecular weight is 360 g/mol. The van der Waals surface area contributed by atoms with E-state index in [2.05, 4.69) is 15.6 Å². The SMILES string of the molecule is CC(=O)Nc1cc(-c2csc(Nc3ccc(Cl)cc3)n2)ccc1O. The van der Waals surface area contributed by atoms with Crippen LogP contribution in [-0.2, 0) is 4.79 Å². The summed E-state index contributed by atoms with van der Waals surface area (Å²) >= 11 is 7.33. The predicted octanol–water partition coefficient (Wildman–Crippen LogP) is 4.87. The second-order valence-electron chi connectivity index (χ2n) is 5.08. The second-order valence-corrected chi connectivity index (χ2v) is 6.38. The molecule has 3 N–H and O–H groups in total. The topological polar surface area (TPSA) is 74.2 Å². The Morgan fingerprint density at radius 2 is 1.96 bits per heavy atom. The summed E-state index contributed by atoms with van der Waals surface area (Å²) in [7, 11) is 0. The lowest BCUT2D eigenvalue weighted by Gasteiger charge is -2.07. The van der Waals surface area contributed by atoms with Crippen LogP contribution in [0, 0.1) is 0 Å². The maximum absolute atomic E-state index is 11.2. The molecule has 0 spiro atoms. The van der Waals surface area contributed by atoms with Gasteiger partial charge in [0.25, 0.3) is 0 Å². The minimum atomic E-state index is -0.245. The summed E-state index contributed by atoms with van der Waals surface area (Å²) in [6.07, 6.45) is 0. The normalized spacial score (nSPS) is 10.4. The smallest absolute Gasteiger partial charge is 0.221 e. The van der Waals surface area contributed by atoms with Gasteiger partial charge in [-0.1, -0.05) is 11.6 Å². The maximum Gasteiger partial charge on any atom is 0.221 e. The molecule has 0 saturated heterocycles. The van der Waals surface area contributed by atoms with Gasteiger partial charge >= 0.3 is 0 Å². The van der Waals surface area contributed by atoms with E-state index in [1.165, 1.54) is 24.3 Å². The minimum Gasteiger partial charge on any atom is -0.506 e. The molecule has 0 radical (unpaired) electrons. The molecule has 1 amide bonds. The monoisotopic (exact) mass is 359 g/mol. The van der Waals surface area contributed by atoms with Crippen molar-refractivity contribution in [2.75, 3.05) is 10.6 Å². The average Bonchev–Trinajstić information content (AvgIpc) is 3.00. The largest absolute Gasteiger partial charge is 0.506 e. The van der Waals surface area contributed by atoms with Crippen LogP contribution in [0.5, 0.6) is 5.75 Å². The number of aromatic hydroxyl groups is 1. The molecule has 1 heterocycles. The standard InChI is InChI=1S/C17H14ClN3O2S/c1-10(22)19-14-8-11(2-7-16(14)23)15-9-24-17(21-15)20-13-5-3-12(18)4-6-13/h2-9,23H,1H3,(H,19,22)(H,20,21). The van der Waals surface area contributed by atoms with Crippen LogP contribution in [0.25, 0.3) is 11.3 Å². The second kappa shape index (κ2) is 6.90. The fourth-order valence-corrected chi connectivity index (χ4v) is 2.97. The van der Waals surface area contributed by atoms with Gasteiger partial charge in [-0.2, -0.15) is 0 Å². The zero-order valence-corrected chi connectivity index (χ0v) is 14.3. The lowest BCUT2D eigenvalue weighted by atomic mass is 10.1. The van der Waals surface area contributed by atoms with Crippen molar-refractivity contribution in [1.82, 2.24) is 4.98 Å². The summed E-state index contributed by atoms with van der Waals surface area (Å²) in [4.78, 5) is 15.7. The first-order valence-corrected chi connectivity index (χ1v) is 8.36. The quantitative estimate of drug-likeness (QED) is 0.581. The highest BCUT2D eigenvalue weighted by atomic mass is 35.5. The van der Waals surface area contributed by atoms with Crippen molar-refractivity contribution in [3.05, 3.63) is 52.9 Å². The lowest BCUT2D eigenvalue weighted by molar-refractivity contribution is -0.114. The Bertz CT molecular complexity index is 878. The van der Waals surface area contributed by atoms with E-state index in [1.807, 2.05) is 17.5 Å². The summed E-state index contributed by atoms with van der Waals surface area (Å²) in [6.45, 7) is 1.39. The van der Waals surface area contributed by atoms with Crippen LogP contribution in [0.4, 0.5) is 16.5 Å². The van der Waals surface area contributed by atoms with Gasteiger partial charge in [0.15, 0.2) is 5.13 Å². The molecule has 0 aliphatic rings. The highest BCUT2D eigenvalue weighted by molar-refractivity contribution is 7.14. The van der Waals surface area contributed by atoms with Gasteiger partial charge in [-0.05, 0) is 42.5 Å². The van der Waals surface area contributed by atoms with Gasteiger partial charge in [-0.25, -0.2) is 4.98 Å². The Kier molecular flexibility index (Phi) is 4.69. The molecule has 2 aromatic carbocycles. The zero-order valence-electron chi connectivity index (χ0n) is 12.7. The Hall–Kier alpha value is -2.57. The molecule has 0 bridgehead atoms. The van der Waals surface area contributed by atoms with Crippen molar-refractivity contribution < 1.29 is 9.90 Å². The number of hydrogen-bond acceptors (Lipinski definition) is 5. The molecule has 0 unspecified atom stereocenters. The van der Waals surface area contributed by atoms with E-state index in [0.717, 1.165) is 22.1 Å². The van der Waals surface area contributed by atoms with Gasteiger partial charge in [-0.15, -0.1) is 11.3 Å². The van der Waals surface area contributed by atoms with Gasteiger partial charge in [0.2, 0.25) is 5.91 Å². The molecule has 3 aromatic rings. The molecule has 7 heteroatoms. The summed E-state index contributed by atoms with van der Waals surface area (Å²) in [5, 5.41) is 18.9. The summed E-state index contributed by atoms with van der Waals surface area (Å²) in [5.41, 5.74) is 2.81. The van der Waals surface area contributed by atoms with Gasteiger partial charge in [0, 0.05) is 28.6 Å². The van der Waals surface area contributed by atoms with Crippen molar-refractivity contribution in [3.63, 3.8) is 0 Å². The summed E-state index contributed by atoms with van der Waals surface area (Å²) < 4.78 is 0. The van der Waals surface area contributed by atoms with Crippen LogP contribution < -0.4 is 10.6 Å². The Morgan fingerprint density at radius 3 is 2.67 bits per heavy atom. The summed E-state index contributed by atoms with van der Waals surface area (Å²) in [6, 6.07) is 12.3. The first-order chi connectivity index (χ1) is 11.5.